The lowest BCUT2D eigenvalue weighted by atomic mass is 10.1. The summed E-state index contributed by atoms with van der Waals surface area (Å²) in [5.74, 6) is 1.36. The van der Waals surface area contributed by atoms with E-state index in [1.165, 1.54) is 0 Å². The summed E-state index contributed by atoms with van der Waals surface area (Å²) in [5, 5.41) is 0. The van der Waals surface area contributed by atoms with Gasteiger partial charge in [-0.15, -0.1) is 0 Å². The molecule has 90 valence electrons. The van der Waals surface area contributed by atoms with Crippen LogP contribution in [0.1, 0.15) is 25.3 Å². The summed E-state index contributed by atoms with van der Waals surface area (Å²) in [4.78, 5) is 14.2. The van der Waals surface area contributed by atoms with Gasteiger partial charge in [-0.1, -0.05) is 6.07 Å². The summed E-state index contributed by atoms with van der Waals surface area (Å²) in [6, 6.07) is 6.03. The number of amides is 1. The van der Waals surface area contributed by atoms with E-state index in [1.54, 1.807) is 0 Å². The first-order valence-corrected chi connectivity index (χ1v) is 6.24. The van der Waals surface area contributed by atoms with Gasteiger partial charge in [-0.2, -0.15) is 0 Å². The topological polar surface area (TPSA) is 29.5 Å². The minimum absolute atomic E-state index is 0.0768. The van der Waals surface area contributed by atoms with Crippen molar-refractivity contribution in [2.75, 3.05) is 11.4 Å². The van der Waals surface area contributed by atoms with Gasteiger partial charge in [-0.25, -0.2) is 0 Å². The quantitative estimate of drug-likeness (QED) is 0.743. The average molecular weight is 231 g/mol. The molecule has 1 aromatic rings. The van der Waals surface area contributed by atoms with Gasteiger partial charge in [0.15, 0.2) is 0 Å². The summed E-state index contributed by atoms with van der Waals surface area (Å²) in [5.41, 5.74) is 2.11. The standard InChI is InChI=1S/C14H17NO2/c1-9-3-6-13-12(7-9)15(8-10(2)17-13)14(16)11-4-5-11/h3,6-7,10-11H,4-5,8H2,1-2H3/t10-/m0/s1. The molecule has 0 spiro atoms. The summed E-state index contributed by atoms with van der Waals surface area (Å²) in [7, 11) is 0. The number of carbonyl (C=O) groups is 1. The first kappa shape index (κ1) is 10.6. The maximum Gasteiger partial charge on any atom is 0.230 e. The largest absolute Gasteiger partial charge is 0.487 e. The highest BCUT2D eigenvalue weighted by molar-refractivity contribution is 5.98. The van der Waals surface area contributed by atoms with Crippen LogP contribution in [0.3, 0.4) is 0 Å². The molecular formula is C14H17NO2. The van der Waals surface area contributed by atoms with Gasteiger partial charge in [0.05, 0.1) is 12.2 Å². The first-order valence-electron chi connectivity index (χ1n) is 6.24. The third-order valence-corrected chi connectivity index (χ3v) is 3.37. The Labute approximate surface area is 101 Å². The monoisotopic (exact) mass is 231 g/mol. The molecule has 1 saturated carbocycles. The molecule has 1 heterocycles. The second-order valence-corrected chi connectivity index (χ2v) is 5.12. The molecule has 0 bridgehead atoms. The number of ether oxygens (including phenoxy) is 1. The van der Waals surface area contributed by atoms with Crippen LogP contribution < -0.4 is 9.64 Å². The van der Waals surface area contributed by atoms with E-state index in [0.29, 0.717) is 6.54 Å². The third-order valence-electron chi connectivity index (χ3n) is 3.37. The van der Waals surface area contributed by atoms with Gasteiger partial charge in [0.2, 0.25) is 5.91 Å². The molecule has 0 unspecified atom stereocenters. The molecule has 1 aliphatic carbocycles. The second kappa shape index (κ2) is 3.76. The molecule has 3 heteroatoms. The SMILES string of the molecule is Cc1ccc2c(c1)N(C(=O)C1CC1)C[C@H](C)O2. The highest BCUT2D eigenvalue weighted by atomic mass is 16.5. The van der Waals surface area contributed by atoms with Crippen molar-refractivity contribution in [1.29, 1.82) is 0 Å². The number of hydrogen-bond acceptors (Lipinski definition) is 2. The molecule has 0 N–H and O–H groups in total. The van der Waals surface area contributed by atoms with E-state index in [0.717, 1.165) is 29.8 Å². The van der Waals surface area contributed by atoms with Gasteiger partial charge in [0, 0.05) is 5.92 Å². The molecule has 0 saturated heterocycles. The van der Waals surface area contributed by atoms with Crippen molar-refractivity contribution in [3.05, 3.63) is 23.8 Å². The zero-order valence-corrected chi connectivity index (χ0v) is 10.3. The minimum Gasteiger partial charge on any atom is -0.487 e. The van der Waals surface area contributed by atoms with E-state index in [-0.39, 0.29) is 17.9 Å². The average Bonchev–Trinajstić information content (AvgIpc) is 3.11. The van der Waals surface area contributed by atoms with Crippen molar-refractivity contribution in [2.24, 2.45) is 5.92 Å². The van der Waals surface area contributed by atoms with E-state index in [1.807, 2.05) is 36.9 Å². The Hall–Kier alpha value is -1.51. The zero-order chi connectivity index (χ0) is 12.0. The molecule has 1 fully saturated rings. The fourth-order valence-corrected chi connectivity index (χ4v) is 2.31. The lowest BCUT2D eigenvalue weighted by molar-refractivity contribution is -0.120. The third kappa shape index (κ3) is 1.90. The Kier molecular flexibility index (Phi) is 2.35. The second-order valence-electron chi connectivity index (χ2n) is 5.12. The Morgan fingerprint density at radius 1 is 1.41 bits per heavy atom. The van der Waals surface area contributed by atoms with Gasteiger partial charge < -0.3 is 9.64 Å². The van der Waals surface area contributed by atoms with Crippen LogP contribution in [0.15, 0.2) is 18.2 Å². The lowest BCUT2D eigenvalue weighted by Crippen LogP contribution is -2.43. The predicted octanol–water partition coefficient (Wildman–Crippen LogP) is 2.52. The fourth-order valence-electron chi connectivity index (χ4n) is 2.31. The Morgan fingerprint density at radius 2 is 2.18 bits per heavy atom. The number of nitrogens with zero attached hydrogens (tertiary/aromatic N) is 1. The number of fused-ring (bicyclic) bond motifs is 1. The Morgan fingerprint density at radius 3 is 2.88 bits per heavy atom. The number of carbonyl (C=O) groups excluding carboxylic acids is 1. The van der Waals surface area contributed by atoms with E-state index in [4.69, 9.17) is 4.74 Å². The number of aryl methyl sites for hydroxylation is 1. The number of rotatable bonds is 1. The van der Waals surface area contributed by atoms with Crippen molar-refractivity contribution in [3.63, 3.8) is 0 Å². The smallest absolute Gasteiger partial charge is 0.230 e. The number of benzene rings is 1. The minimum atomic E-state index is 0.0768. The van der Waals surface area contributed by atoms with Gasteiger partial charge >= 0.3 is 0 Å². The van der Waals surface area contributed by atoms with Crippen molar-refractivity contribution in [2.45, 2.75) is 32.8 Å². The van der Waals surface area contributed by atoms with Crippen molar-refractivity contribution in [3.8, 4) is 5.75 Å². The molecule has 2 aliphatic rings. The lowest BCUT2D eigenvalue weighted by Gasteiger charge is -2.33. The molecule has 0 aromatic heterocycles. The van der Waals surface area contributed by atoms with Gasteiger partial charge in [-0.05, 0) is 44.4 Å². The fraction of sp³-hybridized carbons (Fsp3) is 0.500. The maximum absolute atomic E-state index is 12.3. The molecule has 3 nitrogen and oxygen atoms in total. The van der Waals surface area contributed by atoms with E-state index in [2.05, 4.69) is 0 Å². The van der Waals surface area contributed by atoms with Crippen LogP contribution in [0.4, 0.5) is 5.69 Å². The Balaban J connectivity index is 1.99. The van der Waals surface area contributed by atoms with Gasteiger partial charge in [-0.3, -0.25) is 4.79 Å². The summed E-state index contributed by atoms with van der Waals surface area (Å²) in [6.07, 6.45) is 2.17. The number of hydrogen-bond donors (Lipinski definition) is 0. The van der Waals surface area contributed by atoms with Crippen LogP contribution in [0.5, 0.6) is 5.75 Å². The van der Waals surface area contributed by atoms with E-state index < -0.39 is 0 Å². The molecule has 3 rings (SSSR count). The molecule has 1 atom stereocenters. The van der Waals surface area contributed by atoms with E-state index in [9.17, 15) is 4.79 Å². The van der Waals surface area contributed by atoms with Crippen molar-refractivity contribution >= 4 is 11.6 Å². The van der Waals surface area contributed by atoms with Crippen molar-refractivity contribution in [1.82, 2.24) is 0 Å². The summed E-state index contributed by atoms with van der Waals surface area (Å²) in [6.45, 7) is 4.72. The summed E-state index contributed by atoms with van der Waals surface area (Å²) >= 11 is 0. The van der Waals surface area contributed by atoms with Crippen molar-refractivity contribution < 1.29 is 9.53 Å². The van der Waals surface area contributed by atoms with Crippen LogP contribution in [-0.2, 0) is 4.79 Å². The predicted molar refractivity (Wildman–Crippen MR) is 66.3 cm³/mol. The number of anilines is 1. The normalized spacial score (nSPS) is 22.9. The first-order chi connectivity index (χ1) is 8.15. The molecule has 1 aromatic carbocycles. The van der Waals surface area contributed by atoms with Crippen LogP contribution in [0.2, 0.25) is 0 Å². The van der Waals surface area contributed by atoms with Crippen LogP contribution in [-0.4, -0.2) is 18.6 Å². The van der Waals surface area contributed by atoms with E-state index >= 15 is 0 Å². The van der Waals surface area contributed by atoms with Crippen LogP contribution >= 0.6 is 0 Å². The zero-order valence-electron chi connectivity index (χ0n) is 10.3. The Bertz CT molecular complexity index is 465. The molecule has 17 heavy (non-hydrogen) atoms. The van der Waals surface area contributed by atoms with Crippen LogP contribution in [0, 0.1) is 12.8 Å². The van der Waals surface area contributed by atoms with Gasteiger partial charge in [0.1, 0.15) is 11.9 Å². The van der Waals surface area contributed by atoms with Gasteiger partial charge in [0.25, 0.3) is 0 Å². The maximum atomic E-state index is 12.3. The summed E-state index contributed by atoms with van der Waals surface area (Å²) < 4.78 is 5.77. The highest BCUT2D eigenvalue weighted by Gasteiger charge is 2.37. The molecule has 1 aliphatic heterocycles. The molecular weight excluding hydrogens is 214 g/mol. The molecule has 1 amide bonds. The van der Waals surface area contributed by atoms with Crippen LogP contribution in [0.25, 0.3) is 0 Å². The molecule has 0 radical (unpaired) electrons. The highest BCUT2D eigenvalue weighted by Crippen LogP contribution is 2.39.